The van der Waals surface area contributed by atoms with Gasteiger partial charge in [-0.3, -0.25) is 4.40 Å². The Hall–Kier alpha value is -3.01. The Morgan fingerprint density at radius 2 is 1.90 bits per heavy atom. The number of thioether (sulfide) groups is 1. The van der Waals surface area contributed by atoms with Crippen molar-refractivity contribution < 1.29 is 0 Å². The number of fused-ring (bicyclic) bond motifs is 3. The molecule has 0 saturated heterocycles. The van der Waals surface area contributed by atoms with Crippen LogP contribution in [0.2, 0.25) is 0 Å². The van der Waals surface area contributed by atoms with E-state index in [1.807, 2.05) is 24.3 Å². The second kappa shape index (κ2) is 8.56. The van der Waals surface area contributed by atoms with Gasteiger partial charge in [0, 0.05) is 23.5 Å². The zero-order chi connectivity index (χ0) is 20.2. The molecule has 0 aliphatic carbocycles. The van der Waals surface area contributed by atoms with Gasteiger partial charge < -0.3 is 10.6 Å². The molecule has 0 fully saturated rings. The van der Waals surface area contributed by atoms with E-state index in [-0.39, 0.29) is 0 Å². The van der Waals surface area contributed by atoms with E-state index in [1.165, 1.54) is 4.90 Å². The number of para-hydroxylation sites is 2. The number of nitrogens with zero attached hydrogens (tertiary/aromatic N) is 3. The van der Waals surface area contributed by atoms with Gasteiger partial charge in [0.05, 0.1) is 11.0 Å². The molecule has 2 aromatic heterocycles. The topological polar surface area (TPSA) is 65.1 Å². The predicted octanol–water partition coefficient (Wildman–Crippen LogP) is 4.77. The fourth-order valence-corrected chi connectivity index (χ4v) is 3.93. The maximum absolute atomic E-state index is 10.0. The quantitative estimate of drug-likeness (QED) is 0.345. The van der Waals surface area contributed by atoms with Gasteiger partial charge in [-0.2, -0.15) is 5.26 Å². The summed E-state index contributed by atoms with van der Waals surface area (Å²) in [5, 5.41) is 16.9. The molecule has 6 heteroatoms. The third kappa shape index (κ3) is 3.67. The minimum Gasteiger partial charge on any atom is -0.370 e. The molecule has 0 aliphatic rings. The Bertz CT molecular complexity index is 1190. The van der Waals surface area contributed by atoms with Gasteiger partial charge in [0.15, 0.2) is 5.65 Å². The summed E-state index contributed by atoms with van der Waals surface area (Å²) >= 11 is 1.71. The lowest BCUT2D eigenvalue weighted by atomic mass is 10.0. The Balaban J connectivity index is 1.93. The first-order valence-electron chi connectivity index (χ1n) is 9.70. The van der Waals surface area contributed by atoms with Crippen LogP contribution in [0.5, 0.6) is 0 Å². The second-order valence-electron chi connectivity index (χ2n) is 6.70. The summed E-state index contributed by atoms with van der Waals surface area (Å²) in [5.41, 5.74) is 5.07. The lowest BCUT2D eigenvalue weighted by Crippen LogP contribution is -2.22. The molecule has 146 valence electrons. The molecule has 4 rings (SSSR count). The van der Waals surface area contributed by atoms with Gasteiger partial charge in [0.1, 0.15) is 17.5 Å². The van der Waals surface area contributed by atoms with Crippen molar-refractivity contribution >= 4 is 34.3 Å². The van der Waals surface area contributed by atoms with Crippen LogP contribution in [0.3, 0.4) is 0 Å². The van der Waals surface area contributed by atoms with E-state index in [9.17, 15) is 5.26 Å². The van der Waals surface area contributed by atoms with Crippen LogP contribution in [0, 0.1) is 11.3 Å². The van der Waals surface area contributed by atoms with Gasteiger partial charge in [0.25, 0.3) is 0 Å². The molecule has 2 N–H and O–H groups in total. The van der Waals surface area contributed by atoms with E-state index in [1.54, 1.807) is 11.8 Å². The first kappa shape index (κ1) is 19.3. The molecular weight excluding hydrogens is 378 g/mol. The van der Waals surface area contributed by atoms with Crippen LogP contribution in [0.4, 0.5) is 5.82 Å². The number of nitriles is 1. The van der Waals surface area contributed by atoms with E-state index < -0.39 is 0 Å². The highest BCUT2D eigenvalue weighted by Crippen LogP contribution is 2.33. The van der Waals surface area contributed by atoms with Crippen LogP contribution in [0.15, 0.2) is 59.5 Å². The van der Waals surface area contributed by atoms with Crippen LogP contribution in [0.25, 0.3) is 27.8 Å². The molecule has 4 aromatic rings. The van der Waals surface area contributed by atoms with Crippen LogP contribution in [0.1, 0.15) is 12.5 Å². The molecule has 0 unspecified atom stereocenters. The van der Waals surface area contributed by atoms with E-state index in [0.29, 0.717) is 11.2 Å². The van der Waals surface area contributed by atoms with Gasteiger partial charge in [-0.25, -0.2) is 4.98 Å². The second-order valence-corrected chi connectivity index (χ2v) is 7.58. The number of imidazole rings is 1. The molecule has 0 spiro atoms. The number of pyridine rings is 1. The van der Waals surface area contributed by atoms with E-state index >= 15 is 0 Å². The summed E-state index contributed by atoms with van der Waals surface area (Å²) in [7, 11) is 0. The monoisotopic (exact) mass is 401 g/mol. The van der Waals surface area contributed by atoms with Crippen LogP contribution in [-0.4, -0.2) is 35.3 Å². The van der Waals surface area contributed by atoms with Gasteiger partial charge in [-0.15, -0.1) is 11.8 Å². The standard InChI is InChI=1S/C23H23N5S/c1-3-25-12-13-26-22-14-18(16-8-10-17(29-2)11-9-16)19(15-24)23-27-20-6-4-5-7-21(20)28(22)23/h4-11,14,25-26H,3,12-13H2,1-2H3. The van der Waals surface area contributed by atoms with Gasteiger partial charge >= 0.3 is 0 Å². The lowest BCUT2D eigenvalue weighted by molar-refractivity contribution is 0.737. The van der Waals surface area contributed by atoms with Crippen LogP contribution < -0.4 is 10.6 Å². The van der Waals surface area contributed by atoms with E-state index in [2.05, 4.69) is 64.6 Å². The van der Waals surface area contributed by atoms with E-state index in [0.717, 1.165) is 47.6 Å². The Kier molecular flexibility index (Phi) is 5.70. The summed E-state index contributed by atoms with van der Waals surface area (Å²) in [6.07, 6.45) is 2.06. The highest BCUT2D eigenvalue weighted by molar-refractivity contribution is 7.98. The third-order valence-corrected chi connectivity index (χ3v) is 5.69. The Morgan fingerprint density at radius 3 is 2.62 bits per heavy atom. The zero-order valence-corrected chi connectivity index (χ0v) is 17.4. The van der Waals surface area contributed by atoms with Gasteiger partial charge in [-0.05, 0) is 48.7 Å². The summed E-state index contributed by atoms with van der Waals surface area (Å²) in [6.45, 7) is 4.68. The number of anilines is 1. The minimum atomic E-state index is 0.593. The Labute approximate surface area is 174 Å². The lowest BCUT2D eigenvalue weighted by Gasteiger charge is -2.14. The highest BCUT2D eigenvalue weighted by atomic mass is 32.2. The zero-order valence-electron chi connectivity index (χ0n) is 16.6. The number of hydrogen-bond donors (Lipinski definition) is 2. The molecular formula is C23H23N5S. The molecule has 0 bridgehead atoms. The number of benzene rings is 2. The van der Waals surface area contributed by atoms with Crippen molar-refractivity contribution in [2.24, 2.45) is 0 Å². The molecule has 5 nitrogen and oxygen atoms in total. The largest absolute Gasteiger partial charge is 0.370 e. The smallest absolute Gasteiger partial charge is 0.158 e. The summed E-state index contributed by atoms with van der Waals surface area (Å²) in [5.74, 6) is 0.939. The number of likely N-dealkylation sites (N-methyl/N-ethyl adjacent to an activating group) is 1. The van der Waals surface area contributed by atoms with Gasteiger partial charge in [0.2, 0.25) is 0 Å². The molecule has 2 heterocycles. The molecule has 0 saturated carbocycles. The average Bonchev–Trinajstić information content (AvgIpc) is 3.16. The number of rotatable bonds is 7. The highest BCUT2D eigenvalue weighted by Gasteiger charge is 2.17. The molecule has 0 aliphatic heterocycles. The molecule has 2 aromatic carbocycles. The van der Waals surface area contributed by atoms with Crippen molar-refractivity contribution in [1.82, 2.24) is 14.7 Å². The van der Waals surface area contributed by atoms with E-state index in [4.69, 9.17) is 4.98 Å². The van der Waals surface area contributed by atoms with Gasteiger partial charge in [-0.1, -0.05) is 31.2 Å². The van der Waals surface area contributed by atoms with Crippen molar-refractivity contribution in [2.45, 2.75) is 11.8 Å². The minimum absolute atomic E-state index is 0.593. The first-order valence-corrected chi connectivity index (χ1v) is 10.9. The summed E-state index contributed by atoms with van der Waals surface area (Å²) in [6, 6.07) is 20.8. The number of aromatic nitrogens is 2. The molecule has 0 radical (unpaired) electrons. The molecule has 0 atom stereocenters. The molecule has 0 amide bonds. The third-order valence-electron chi connectivity index (χ3n) is 4.95. The first-order chi connectivity index (χ1) is 14.3. The summed E-state index contributed by atoms with van der Waals surface area (Å²) in [4.78, 5) is 5.99. The fraction of sp³-hybridized carbons (Fsp3) is 0.217. The van der Waals surface area contributed by atoms with Crippen LogP contribution in [-0.2, 0) is 0 Å². The maximum atomic E-state index is 10.0. The van der Waals surface area contributed by atoms with Crippen molar-refractivity contribution in [1.29, 1.82) is 5.26 Å². The van der Waals surface area contributed by atoms with Crippen LogP contribution >= 0.6 is 11.8 Å². The maximum Gasteiger partial charge on any atom is 0.158 e. The van der Waals surface area contributed by atoms with Crippen molar-refractivity contribution in [3.05, 3.63) is 60.2 Å². The van der Waals surface area contributed by atoms with Crippen molar-refractivity contribution in [3.63, 3.8) is 0 Å². The van der Waals surface area contributed by atoms with Crippen molar-refractivity contribution in [3.8, 4) is 17.2 Å². The van der Waals surface area contributed by atoms with Crippen molar-refractivity contribution in [2.75, 3.05) is 31.2 Å². The number of hydrogen-bond acceptors (Lipinski definition) is 5. The molecule has 29 heavy (non-hydrogen) atoms. The fourth-order valence-electron chi connectivity index (χ4n) is 3.53. The SMILES string of the molecule is CCNCCNc1cc(-c2ccc(SC)cc2)c(C#N)c2nc3ccccc3n12. The summed E-state index contributed by atoms with van der Waals surface area (Å²) < 4.78 is 2.06. The number of nitrogens with one attached hydrogen (secondary N) is 2. The average molecular weight is 402 g/mol. The normalized spacial score (nSPS) is 11.1. The predicted molar refractivity (Wildman–Crippen MR) is 122 cm³/mol. The Morgan fingerprint density at radius 1 is 1.10 bits per heavy atom.